The van der Waals surface area contributed by atoms with Crippen molar-refractivity contribution in [2.24, 2.45) is 5.73 Å². The molecule has 0 aliphatic heterocycles. The first-order chi connectivity index (χ1) is 9.06. The van der Waals surface area contributed by atoms with Crippen molar-refractivity contribution in [3.05, 3.63) is 35.4 Å². The van der Waals surface area contributed by atoms with E-state index in [1.54, 1.807) is 0 Å². The van der Waals surface area contributed by atoms with Gasteiger partial charge in [-0.2, -0.15) is 0 Å². The summed E-state index contributed by atoms with van der Waals surface area (Å²) in [6.45, 7) is 2.42. The molecule has 0 aliphatic rings. The Hall–Kier alpha value is -1.49. The van der Waals surface area contributed by atoms with E-state index in [2.05, 4.69) is 12.2 Å². The molecule has 5 heteroatoms. The van der Waals surface area contributed by atoms with Gasteiger partial charge in [-0.15, -0.1) is 0 Å². The molecule has 0 saturated heterocycles. The fraction of sp³-hybridized carbons (Fsp3) is 0.500. The number of rotatable bonds is 7. The Morgan fingerprint density at radius 1 is 1.42 bits per heavy atom. The van der Waals surface area contributed by atoms with Gasteiger partial charge >= 0.3 is 0 Å². The van der Waals surface area contributed by atoms with Crippen LogP contribution in [0.4, 0.5) is 8.78 Å². The average molecular weight is 270 g/mol. The standard InChI is InChI=1S/C14H20F2N2O/c1-2-3-4-12(9-17)18-14(19)7-10-5-6-11(15)8-13(10)16/h5-6,8,12H,2-4,7,9,17H2,1H3,(H,18,19). The molecule has 1 amide bonds. The highest BCUT2D eigenvalue weighted by Gasteiger charge is 2.13. The average Bonchev–Trinajstić information content (AvgIpc) is 2.38. The van der Waals surface area contributed by atoms with Crippen molar-refractivity contribution in [1.82, 2.24) is 5.32 Å². The van der Waals surface area contributed by atoms with Crippen molar-refractivity contribution in [3.8, 4) is 0 Å². The van der Waals surface area contributed by atoms with Crippen LogP contribution in [-0.4, -0.2) is 18.5 Å². The second-order valence-electron chi connectivity index (χ2n) is 4.55. The fourth-order valence-electron chi connectivity index (χ4n) is 1.82. The van der Waals surface area contributed by atoms with Crippen LogP contribution in [0.15, 0.2) is 18.2 Å². The van der Waals surface area contributed by atoms with Gasteiger partial charge in [-0.1, -0.05) is 25.8 Å². The predicted octanol–water partition coefficient (Wildman–Crippen LogP) is 2.14. The van der Waals surface area contributed by atoms with E-state index in [0.29, 0.717) is 6.54 Å². The van der Waals surface area contributed by atoms with E-state index in [0.717, 1.165) is 31.4 Å². The Balaban J connectivity index is 2.54. The second-order valence-corrected chi connectivity index (χ2v) is 4.55. The number of hydrogen-bond donors (Lipinski definition) is 2. The summed E-state index contributed by atoms with van der Waals surface area (Å²) in [5, 5.41) is 2.77. The summed E-state index contributed by atoms with van der Waals surface area (Å²) in [6, 6.07) is 3.12. The number of unbranched alkanes of at least 4 members (excludes halogenated alkanes) is 1. The molecule has 1 atom stereocenters. The minimum Gasteiger partial charge on any atom is -0.352 e. The van der Waals surface area contributed by atoms with E-state index in [-0.39, 0.29) is 23.9 Å². The van der Waals surface area contributed by atoms with Crippen LogP contribution in [0.1, 0.15) is 31.7 Å². The number of benzene rings is 1. The number of nitrogens with one attached hydrogen (secondary N) is 1. The minimum atomic E-state index is -0.701. The monoisotopic (exact) mass is 270 g/mol. The highest BCUT2D eigenvalue weighted by atomic mass is 19.1. The highest BCUT2D eigenvalue weighted by molar-refractivity contribution is 5.78. The lowest BCUT2D eigenvalue weighted by Gasteiger charge is -2.16. The first-order valence-electron chi connectivity index (χ1n) is 6.50. The number of carbonyl (C=O) groups is 1. The van der Waals surface area contributed by atoms with Crippen molar-refractivity contribution in [2.75, 3.05) is 6.54 Å². The molecule has 0 radical (unpaired) electrons. The quantitative estimate of drug-likeness (QED) is 0.797. The summed E-state index contributed by atoms with van der Waals surface area (Å²) in [6.07, 6.45) is 2.71. The van der Waals surface area contributed by atoms with E-state index >= 15 is 0 Å². The fourth-order valence-corrected chi connectivity index (χ4v) is 1.82. The van der Waals surface area contributed by atoms with Crippen LogP contribution in [0.3, 0.4) is 0 Å². The van der Waals surface area contributed by atoms with E-state index in [4.69, 9.17) is 5.73 Å². The summed E-state index contributed by atoms with van der Waals surface area (Å²) in [5.41, 5.74) is 5.75. The second kappa shape index (κ2) is 7.84. The van der Waals surface area contributed by atoms with E-state index < -0.39 is 11.6 Å². The number of nitrogens with two attached hydrogens (primary N) is 1. The molecular formula is C14H20F2N2O. The van der Waals surface area contributed by atoms with E-state index in [1.165, 1.54) is 6.07 Å². The summed E-state index contributed by atoms with van der Waals surface area (Å²) >= 11 is 0. The molecule has 1 unspecified atom stereocenters. The van der Waals surface area contributed by atoms with Gasteiger partial charge in [-0.05, 0) is 18.1 Å². The SMILES string of the molecule is CCCCC(CN)NC(=O)Cc1ccc(F)cc1F. The van der Waals surface area contributed by atoms with Crippen molar-refractivity contribution in [2.45, 2.75) is 38.6 Å². The van der Waals surface area contributed by atoms with Gasteiger partial charge in [0.1, 0.15) is 11.6 Å². The van der Waals surface area contributed by atoms with Crippen LogP contribution < -0.4 is 11.1 Å². The van der Waals surface area contributed by atoms with Crippen LogP contribution in [0, 0.1) is 11.6 Å². The molecule has 0 aliphatic carbocycles. The van der Waals surface area contributed by atoms with Gasteiger partial charge in [0.15, 0.2) is 0 Å². The van der Waals surface area contributed by atoms with Gasteiger partial charge in [0.25, 0.3) is 0 Å². The number of carbonyl (C=O) groups excluding carboxylic acids is 1. The van der Waals surface area contributed by atoms with Crippen molar-refractivity contribution in [1.29, 1.82) is 0 Å². The third-order valence-corrected chi connectivity index (χ3v) is 2.92. The molecule has 1 aromatic rings. The summed E-state index contributed by atoms with van der Waals surface area (Å²) in [7, 11) is 0. The summed E-state index contributed by atoms with van der Waals surface area (Å²) in [5.74, 6) is -1.64. The van der Waals surface area contributed by atoms with Gasteiger partial charge in [0.05, 0.1) is 6.42 Å². The van der Waals surface area contributed by atoms with Crippen LogP contribution in [-0.2, 0) is 11.2 Å². The van der Waals surface area contributed by atoms with Crippen LogP contribution >= 0.6 is 0 Å². The lowest BCUT2D eigenvalue weighted by molar-refractivity contribution is -0.121. The third kappa shape index (κ3) is 5.34. The summed E-state index contributed by atoms with van der Waals surface area (Å²) < 4.78 is 26.1. The summed E-state index contributed by atoms with van der Waals surface area (Å²) in [4.78, 5) is 11.8. The lowest BCUT2D eigenvalue weighted by Crippen LogP contribution is -2.41. The van der Waals surface area contributed by atoms with Gasteiger partial charge in [-0.3, -0.25) is 4.79 Å². The molecule has 0 fully saturated rings. The van der Waals surface area contributed by atoms with Crippen molar-refractivity contribution < 1.29 is 13.6 Å². The molecule has 106 valence electrons. The zero-order valence-electron chi connectivity index (χ0n) is 11.1. The smallest absolute Gasteiger partial charge is 0.224 e. The van der Waals surface area contributed by atoms with Gasteiger partial charge < -0.3 is 11.1 Å². The van der Waals surface area contributed by atoms with E-state index in [1.807, 2.05) is 0 Å². The van der Waals surface area contributed by atoms with Crippen molar-refractivity contribution >= 4 is 5.91 Å². The van der Waals surface area contributed by atoms with E-state index in [9.17, 15) is 13.6 Å². The molecule has 1 aromatic carbocycles. The largest absolute Gasteiger partial charge is 0.352 e. The van der Waals surface area contributed by atoms with Gasteiger partial charge in [0.2, 0.25) is 5.91 Å². The molecule has 3 nitrogen and oxygen atoms in total. The molecule has 0 saturated carbocycles. The molecule has 0 aromatic heterocycles. The number of halogens is 2. The zero-order valence-corrected chi connectivity index (χ0v) is 11.1. The molecule has 0 heterocycles. The maximum Gasteiger partial charge on any atom is 0.224 e. The molecule has 0 bridgehead atoms. The maximum atomic E-state index is 13.4. The molecule has 19 heavy (non-hydrogen) atoms. The first kappa shape index (κ1) is 15.6. The lowest BCUT2D eigenvalue weighted by atomic mass is 10.1. The first-order valence-corrected chi connectivity index (χ1v) is 6.50. The molecule has 3 N–H and O–H groups in total. The Morgan fingerprint density at radius 3 is 2.74 bits per heavy atom. The maximum absolute atomic E-state index is 13.4. The molecule has 0 spiro atoms. The van der Waals surface area contributed by atoms with Crippen LogP contribution in [0.2, 0.25) is 0 Å². The normalized spacial score (nSPS) is 12.2. The molecule has 1 rings (SSSR count). The Morgan fingerprint density at radius 2 is 2.16 bits per heavy atom. The van der Waals surface area contributed by atoms with Crippen LogP contribution in [0.25, 0.3) is 0 Å². The zero-order chi connectivity index (χ0) is 14.3. The van der Waals surface area contributed by atoms with Gasteiger partial charge in [-0.25, -0.2) is 8.78 Å². The number of amides is 1. The predicted molar refractivity (Wildman–Crippen MR) is 70.6 cm³/mol. The number of hydrogen-bond acceptors (Lipinski definition) is 2. The Labute approximate surface area is 112 Å². The van der Waals surface area contributed by atoms with Crippen LogP contribution in [0.5, 0.6) is 0 Å². The molecular weight excluding hydrogens is 250 g/mol. The third-order valence-electron chi connectivity index (χ3n) is 2.92. The Kier molecular flexibility index (Phi) is 6.42. The topological polar surface area (TPSA) is 55.1 Å². The Bertz CT molecular complexity index is 424. The minimum absolute atomic E-state index is 0.0871. The highest BCUT2D eigenvalue weighted by Crippen LogP contribution is 2.10. The van der Waals surface area contributed by atoms with Gasteiger partial charge in [0, 0.05) is 18.7 Å². The van der Waals surface area contributed by atoms with Crippen molar-refractivity contribution in [3.63, 3.8) is 0 Å².